The second kappa shape index (κ2) is 8.17. The van der Waals surface area contributed by atoms with Crippen molar-refractivity contribution >= 4 is 11.9 Å². The van der Waals surface area contributed by atoms with Gasteiger partial charge in [0.1, 0.15) is 12.4 Å². The van der Waals surface area contributed by atoms with Gasteiger partial charge in [0.15, 0.2) is 23.1 Å². The molecule has 11 heteroatoms. The standard InChI is InChI=1S/C19H16F5N3O3/c1-27-16(28)19(26-18(27)25,10-2-5-12(6-3-10)30-17(23)24)11-4-7-13(20)14(8-11)29-9-15(21)22/h2-8,15,17H,9H2,1H3,(H2,25,26)/t19-/m0/s1. The highest BCUT2D eigenvalue weighted by atomic mass is 19.3. The highest BCUT2D eigenvalue weighted by Crippen LogP contribution is 2.41. The van der Waals surface area contributed by atoms with E-state index in [-0.39, 0.29) is 22.8 Å². The molecule has 2 N–H and O–H groups in total. The van der Waals surface area contributed by atoms with Crippen LogP contribution in [0.15, 0.2) is 47.5 Å². The number of halogens is 5. The molecule has 0 aromatic heterocycles. The summed E-state index contributed by atoms with van der Waals surface area (Å²) < 4.78 is 72.9. The molecule has 0 radical (unpaired) electrons. The third-order valence-electron chi connectivity index (χ3n) is 4.45. The molecular formula is C19H16F5N3O3. The third-order valence-corrected chi connectivity index (χ3v) is 4.45. The maximum atomic E-state index is 14.0. The lowest BCUT2D eigenvalue weighted by molar-refractivity contribution is -0.129. The average Bonchev–Trinajstić information content (AvgIpc) is 2.92. The summed E-state index contributed by atoms with van der Waals surface area (Å²) in [7, 11) is 1.37. The Morgan fingerprint density at radius 1 is 1.10 bits per heavy atom. The van der Waals surface area contributed by atoms with E-state index in [4.69, 9.17) is 10.5 Å². The van der Waals surface area contributed by atoms with Gasteiger partial charge in [0.25, 0.3) is 12.3 Å². The molecule has 3 rings (SSSR count). The molecule has 1 atom stereocenters. The zero-order valence-electron chi connectivity index (χ0n) is 15.5. The normalized spacial score (nSPS) is 18.9. The number of amides is 1. The van der Waals surface area contributed by atoms with E-state index in [1.165, 1.54) is 37.4 Å². The summed E-state index contributed by atoms with van der Waals surface area (Å²) in [6.07, 6.45) is -2.84. The molecule has 1 heterocycles. The first-order chi connectivity index (χ1) is 14.1. The van der Waals surface area contributed by atoms with Crippen molar-refractivity contribution in [3.63, 3.8) is 0 Å². The smallest absolute Gasteiger partial charge is 0.387 e. The SMILES string of the molecule is CN1C(=O)[C@](c2ccc(OC(F)F)cc2)(c2ccc(F)c(OCC(F)F)c2)N=C1N. The minimum atomic E-state index is -3.04. The summed E-state index contributed by atoms with van der Waals surface area (Å²) >= 11 is 0. The number of alkyl halides is 4. The molecule has 0 saturated heterocycles. The number of likely N-dealkylation sites (N-methyl/N-ethyl adjacent to an activating group) is 1. The molecule has 2 aromatic rings. The molecule has 2 aromatic carbocycles. The molecule has 1 aliphatic heterocycles. The highest BCUT2D eigenvalue weighted by Gasteiger charge is 2.49. The number of nitrogens with zero attached hydrogens (tertiary/aromatic N) is 2. The van der Waals surface area contributed by atoms with E-state index >= 15 is 0 Å². The summed E-state index contributed by atoms with van der Waals surface area (Å²) in [6, 6.07) is 8.33. The van der Waals surface area contributed by atoms with Crippen LogP contribution in [0.1, 0.15) is 11.1 Å². The number of hydrogen-bond acceptors (Lipinski definition) is 5. The predicted octanol–water partition coefficient (Wildman–Crippen LogP) is 3.10. The Morgan fingerprint density at radius 3 is 2.27 bits per heavy atom. The van der Waals surface area contributed by atoms with Crippen LogP contribution < -0.4 is 15.2 Å². The summed E-state index contributed by atoms with van der Waals surface area (Å²) in [5, 5.41) is 0. The average molecular weight is 429 g/mol. The maximum Gasteiger partial charge on any atom is 0.387 e. The second-order valence-corrected chi connectivity index (χ2v) is 6.29. The number of hydrogen-bond donors (Lipinski definition) is 1. The maximum absolute atomic E-state index is 14.0. The van der Waals surface area contributed by atoms with Crippen molar-refractivity contribution in [2.75, 3.05) is 13.7 Å². The van der Waals surface area contributed by atoms with Crippen LogP contribution in [0.25, 0.3) is 0 Å². The summed E-state index contributed by atoms with van der Waals surface area (Å²) in [5.41, 5.74) is 4.32. The molecule has 1 amide bonds. The molecule has 0 fully saturated rings. The Bertz CT molecular complexity index is 968. The first-order valence-corrected chi connectivity index (χ1v) is 8.55. The van der Waals surface area contributed by atoms with Gasteiger partial charge in [0, 0.05) is 7.05 Å². The summed E-state index contributed by atoms with van der Waals surface area (Å²) in [5.74, 6) is -2.33. The quantitative estimate of drug-likeness (QED) is 0.687. The Labute approximate surface area is 167 Å². The van der Waals surface area contributed by atoms with Crippen molar-refractivity contribution in [1.82, 2.24) is 4.90 Å². The number of guanidine groups is 1. The Kier molecular flexibility index (Phi) is 5.81. The van der Waals surface area contributed by atoms with E-state index in [1.54, 1.807) is 0 Å². The van der Waals surface area contributed by atoms with Crippen molar-refractivity contribution in [3.05, 3.63) is 59.4 Å². The summed E-state index contributed by atoms with van der Waals surface area (Å²) in [6.45, 7) is -4.09. The fourth-order valence-corrected chi connectivity index (χ4v) is 3.05. The minimum absolute atomic E-state index is 0.0907. The number of ether oxygens (including phenoxy) is 2. The van der Waals surface area contributed by atoms with Crippen molar-refractivity contribution < 1.29 is 36.2 Å². The van der Waals surface area contributed by atoms with E-state index in [9.17, 15) is 26.7 Å². The van der Waals surface area contributed by atoms with Gasteiger partial charge in [-0.15, -0.1) is 0 Å². The number of carbonyl (C=O) groups excluding carboxylic acids is 1. The van der Waals surface area contributed by atoms with Crippen LogP contribution in [0.4, 0.5) is 22.0 Å². The second-order valence-electron chi connectivity index (χ2n) is 6.29. The first-order valence-electron chi connectivity index (χ1n) is 8.55. The van der Waals surface area contributed by atoms with Crippen LogP contribution in [0, 0.1) is 5.82 Å². The van der Waals surface area contributed by atoms with Crippen LogP contribution >= 0.6 is 0 Å². The fraction of sp³-hybridized carbons (Fsp3) is 0.263. The van der Waals surface area contributed by atoms with Gasteiger partial charge in [0.05, 0.1) is 0 Å². The number of nitrogens with two attached hydrogens (primary N) is 1. The van der Waals surface area contributed by atoms with E-state index in [1.807, 2.05) is 0 Å². The van der Waals surface area contributed by atoms with Crippen LogP contribution in [0.3, 0.4) is 0 Å². The number of rotatable bonds is 7. The van der Waals surface area contributed by atoms with Gasteiger partial charge < -0.3 is 15.2 Å². The largest absolute Gasteiger partial charge is 0.485 e. The molecule has 1 aliphatic rings. The lowest BCUT2D eigenvalue weighted by atomic mass is 9.82. The monoisotopic (exact) mass is 429 g/mol. The highest BCUT2D eigenvalue weighted by molar-refractivity contribution is 6.08. The van der Waals surface area contributed by atoms with Gasteiger partial charge in [-0.25, -0.2) is 18.2 Å². The van der Waals surface area contributed by atoms with Crippen LogP contribution in [0.2, 0.25) is 0 Å². The third kappa shape index (κ3) is 3.87. The molecule has 0 aliphatic carbocycles. The van der Waals surface area contributed by atoms with Crippen molar-refractivity contribution in [2.24, 2.45) is 10.7 Å². The molecule has 6 nitrogen and oxygen atoms in total. The lowest BCUT2D eigenvalue weighted by Gasteiger charge is -2.26. The number of carbonyl (C=O) groups is 1. The summed E-state index contributed by atoms with van der Waals surface area (Å²) in [4.78, 5) is 18.4. The van der Waals surface area contributed by atoms with Crippen LogP contribution in [-0.2, 0) is 10.3 Å². The van der Waals surface area contributed by atoms with Gasteiger partial charge >= 0.3 is 6.61 Å². The van der Waals surface area contributed by atoms with E-state index < -0.39 is 42.7 Å². The number of aliphatic imine (C=N–C) groups is 1. The van der Waals surface area contributed by atoms with Gasteiger partial charge in [-0.2, -0.15) is 8.78 Å². The minimum Gasteiger partial charge on any atom is -0.485 e. The molecule has 30 heavy (non-hydrogen) atoms. The lowest BCUT2D eigenvalue weighted by Crippen LogP contribution is -2.41. The topological polar surface area (TPSA) is 77.2 Å². The zero-order valence-corrected chi connectivity index (χ0v) is 15.5. The van der Waals surface area contributed by atoms with Crippen molar-refractivity contribution in [2.45, 2.75) is 18.6 Å². The van der Waals surface area contributed by atoms with Crippen molar-refractivity contribution in [3.8, 4) is 11.5 Å². The fourth-order valence-electron chi connectivity index (χ4n) is 3.05. The van der Waals surface area contributed by atoms with Gasteiger partial charge in [-0.3, -0.25) is 9.69 Å². The first kappa shape index (κ1) is 21.3. The van der Waals surface area contributed by atoms with E-state index in [2.05, 4.69) is 9.73 Å². The molecular weight excluding hydrogens is 413 g/mol. The Hall–Kier alpha value is -3.37. The molecule has 160 valence electrons. The Balaban J connectivity index is 2.11. The van der Waals surface area contributed by atoms with E-state index in [0.29, 0.717) is 0 Å². The molecule has 0 saturated carbocycles. The van der Waals surface area contributed by atoms with Crippen LogP contribution in [-0.4, -0.2) is 43.5 Å². The van der Waals surface area contributed by atoms with Gasteiger partial charge in [0.2, 0.25) is 0 Å². The molecule has 0 spiro atoms. The predicted molar refractivity (Wildman–Crippen MR) is 96.1 cm³/mol. The number of benzene rings is 2. The molecule has 0 unspecified atom stereocenters. The van der Waals surface area contributed by atoms with Crippen molar-refractivity contribution in [1.29, 1.82) is 0 Å². The van der Waals surface area contributed by atoms with Gasteiger partial charge in [-0.1, -0.05) is 18.2 Å². The van der Waals surface area contributed by atoms with Gasteiger partial charge in [-0.05, 0) is 35.4 Å². The molecule has 0 bridgehead atoms. The Morgan fingerprint density at radius 2 is 1.73 bits per heavy atom. The van der Waals surface area contributed by atoms with E-state index in [0.717, 1.165) is 17.0 Å². The van der Waals surface area contributed by atoms with Crippen LogP contribution in [0.5, 0.6) is 11.5 Å². The zero-order chi connectivity index (χ0) is 22.1.